The van der Waals surface area contributed by atoms with Gasteiger partial charge in [-0.25, -0.2) is 19.9 Å². The van der Waals surface area contributed by atoms with Gasteiger partial charge in [0.15, 0.2) is 11.6 Å². The number of aromatic nitrogens is 6. The van der Waals surface area contributed by atoms with E-state index in [0.717, 1.165) is 67.2 Å². The summed E-state index contributed by atoms with van der Waals surface area (Å²) in [7, 11) is -1.43. The van der Waals surface area contributed by atoms with E-state index < -0.39 is 7.12 Å². The molecule has 10 rings (SSSR count). The van der Waals surface area contributed by atoms with Gasteiger partial charge in [-0.2, -0.15) is 0 Å². The smallest absolute Gasteiger partial charge is 0.423 e. The predicted molar refractivity (Wildman–Crippen MR) is 269 cm³/mol. The van der Waals surface area contributed by atoms with E-state index in [4.69, 9.17) is 54.8 Å². The van der Waals surface area contributed by atoms with Crippen molar-refractivity contribution in [1.82, 2.24) is 29.9 Å². The van der Waals surface area contributed by atoms with Gasteiger partial charge in [-0.3, -0.25) is 9.97 Å². The molecular formula is C54H38BCl3N6O2. The van der Waals surface area contributed by atoms with E-state index in [-0.39, 0.29) is 0 Å². The second-order valence-corrected chi connectivity index (χ2v) is 15.9. The van der Waals surface area contributed by atoms with Crippen LogP contribution in [0.25, 0.3) is 78.8 Å². The molecule has 4 heterocycles. The first-order valence-corrected chi connectivity index (χ1v) is 21.8. The van der Waals surface area contributed by atoms with Gasteiger partial charge in [-0.05, 0) is 70.2 Å². The van der Waals surface area contributed by atoms with Crippen LogP contribution in [0.2, 0.25) is 15.2 Å². The van der Waals surface area contributed by atoms with Crippen LogP contribution in [0.1, 0.15) is 0 Å². The second kappa shape index (κ2) is 22.0. The van der Waals surface area contributed by atoms with Crippen molar-refractivity contribution < 1.29 is 10.0 Å². The summed E-state index contributed by atoms with van der Waals surface area (Å²) in [6.07, 6.45) is 7.27. The van der Waals surface area contributed by atoms with E-state index in [1.54, 1.807) is 36.7 Å². The normalized spacial score (nSPS) is 10.5. The molecule has 0 spiro atoms. The summed E-state index contributed by atoms with van der Waals surface area (Å²) in [5, 5.41) is 18.9. The summed E-state index contributed by atoms with van der Waals surface area (Å²) < 4.78 is 0. The highest BCUT2D eigenvalue weighted by atomic mass is 35.5. The maximum atomic E-state index is 8.65. The molecule has 8 nitrogen and oxygen atoms in total. The van der Waals surface area contributed by atoms with Crippen molar-refractivity contribution in [3.05, 3.63) is 234 Å². The quantitative estimate of drug-likeness (QED) is 0.114. The molecule has 0 saturated heterocycles. The molecule has 12 heteroatoms. The molecule has 2 N–H and O–H groups in total. The zero-order chi connectivity index (χ0) is 45.7. The highest BCUT2D eigenvalue weighted by Gasteiger charge is 2.13. The fourth-order valence-corrected chi connectivity index (χ4v) is 7.36. The first-order valence-electron chi connectivity index (χ1n) is 20.7. The minimum Gasteiger partial charge on any atom is -0.423 e. The molecule has 4 aromatic heterocycles. The van der Waals surface area contributed by atoms with Gasteiger partial charge in [0.1, 0.15) is 5.15 Å². The number of rotatable bonds is 8. The summed E-state index contributed by atoms with van der Waals surface area (Å²) in [5.41, 5.74) is 12.2. The van der Waals surface area contributed by atoms with Crippen LogP contribution >= 0.6 is 34.8 Å². The highest BCUT2D eigenvalue weighted by molar-refractivity contribution is 6.59. The molecule has 66 heavy (non-hydrogen) atoms. The lowest BCUT2D eigenvalue weighted by Gasteiger charge is -2.10. The Balaban J connectivity index is 0.000000151. The van der Waals surface area contributed by atoms with Crippen LogP contribution in [-0.2, 0) is 0 Å². The molecule has 0 aliphatic carbocycles. The monoisotopic (exact) mass is 918 g/mol. The number of hydrogen-bond acceptors (Lipinski definition) is 8. The number of nitrogens with zero attached hydrogens (tertiary/aromatic N) is 6. The van der Waals surface area contributed by atoms with E-state index in [0.29, 0.717) is 32.3 Å². The molecule has 320 valence electrons. The lowest BCUT2D eigenvalue weighted by molar-refractivity contribution is 0.426. The molecule has 6 aromatic carbocycles. The molecule has 0 fully saturated rings. The minimum atomic E-state index is -1.43. The van der Waals surface area contributed by atoms with E-state index in [1.807, 2.05) is 134 Å². The Labute approximate surface area is 398 Å². The fraction of sp³-hybridized carbons (Fsp3) is 0. The standard InChI is InChI=1S/C27H18ClN3.C21H14ClN3.C6H6BClO2/c28-24-10-4-8-22(16-24)26-17-25(30-27(31-26)21-6-2-1-3-7-21)20-13-11-19(12-14-20)23-9-5-15-29-18-23;22-20-13-19(24-21(25-20)17-5-2-1-3-6-17)16-10-8-15(9-11-16)18-7-4-12-23-14-18;8-6-3-1-2-5(4-6)7(9)10/h1-18H;1-14H;1-4,9-10H. The van der Waals surface area contributed by atoms with E-state index >= 15 is 0 Å². The van der Waals surface area contributed by atoms with Gasteiger partial charge in [0.2, 0.25) is 0 Å². The van der Waals surface area contributed by atoms with Crippen LogP contribution in [0.4, 0.5) is 0 Å². The minimum absolute atomic E-state index is 0.410. The molecule has 0 radical (unpaired) electrons. The highest BCUT2D eigenvalue weighted by Crippen LogP contribution is 2.31. The first-order chi connectivity index (χ1) is 32.3. The average Bonchev–Trinajstić information content (AvgIpc) is 3.37. The Kier molecular flexibility index (Phi) is 15.1. The second-order valence-electron chi connectivity index (χ2n) is 14.7. The molecule has 0 amide bonds. The maximum Gasteiger partial charge on any atom is 0.488 e. The number of hydrogen-bond donors (Lipinski definition) is 2. The van der Waals surface area contributed by atoms with E-state index in [9.17, 15) is 0 Å². The average molecular weight is 920 g/mol. The molecule has 0 aliphatic heterocycles. The number of benzene rings is 6. The van der Waals surface area contributed by atoms with Crippen LogP contribution < -0.4 is 5.46 Å². The fourth-order valence-electron chi connectivity index (χ4n) is 6.79. The molecule has 0 saturated carbocycles. The third kappa shape index (κ3) is 12.0. The summed E-state index contributed by atoms with van der Waals surface area (Å²) >= 11 is 18.0. The summed E-state index contributed by atoms with van der Waals surface area (Å²) in [6, 6.07) is 62.3. The van der Waals surface area contributed by atoms with Crippen LogP contribution in [0.15, 0.2) is 219 Å². The lowest BCUT2D eigenvalue weighted by atomic mass is 9.81. The Hall–Kier alpha value is -7.37. The number of pyridine rings is 2. The van der Waals surface area contributed by atoms with Gasteiger partial charge in [0, 0.05) is 68.7 Å². The van der Waals surface area contributed by atoms with Crippen molar-refractivity contribution in [2.24, 2.45) is 0 Å². The summed E-state index contributed by atoms with van der Waals surface area (Å²) in [4.78, 5) is 27.1. The summed E-state index contributed by atoms with van der Waals surface area (Å²) in [6.45, 7) is 0. The predicted octanol–water partition coefficient (Wildman–Crippen LogP) is 12.7. The molecule has 10 aromatic rings. The third-order valence-corrected chi connectivity index (χ3v) is 10.8. The maximum absolute atomic E-state index is 8.65. The van der Waals surface area contributed by atoms with Gasteiger partial charge < -0.3 is 10.0 Å². The van der Waals surface area contributed by atoms with E-state index in [2.05, 4.69) is 62.4 Å². The first kappa shape index (κ1) is 45.2. The third-order valence-electron chi connectivity index (χ3n) is 10.1. The van der Waals surface area contributed by atoms with Crippen molar-refractivity contribution in [2.45, 2.75) is 0 Å². The van der Waals surface area contributed by atoms with Crippen molar-refractivity contribution in [3.8, 4) is 78.8 Å². The van der Waals surface area contributed by atoms with Crippen LogP contribution in [0.3, 0.4) is 0 Å². The SMILES string of the molecule is Clc1cc(-c2ccc(-c3cccnc3)cc2)nc(-c2ccccc2)n1.Clc1cccc(-c2cc(-c3ccc(-c4cccnc4)cc3)nc(-c3ccccc3)n2)c1.OB(O)c1cccc(Cl)c1. The topological polar surface area (TPSA) is 118 Å². The Morgan fingerprint density at radius 1 is 0.333 bits per heavy atom. The van der Waals surface area contributed by atoms with E-state index in [1.165, 1.54) is 6.07 Å². The molecule has 0 aliphatic rings. The van der Waals surface area contributed by atoms with Gasteiger partial charge in [0.25, 0.3) is 0 Å². The molecule has 0 atom stereocenters. The Morgan fingerprint density at radius 2 is 0.758 bits per heavy atom. The van der Waals surface area contributed by atoms with Crippen LogP contribution in [-0.4, -0.2) is 47.1 Å². The van der Waals surface area contributed by atoms with Crippen molar-refractivity contribution in [3.63, 3.8) is 0 Å². The van der Waals surface area contributed by atoms with Crippen molar-refractivity contribution in [1.29, 1.82) is 0 Å². The number of halogens is 3. The van der Waals surface area contributed by atoms with Crippen LogP contribution in [0, 0.1) is 0 Å². The molecular weight excluding hydrogens is 882 g/mol. The van der Waals surface area contributed by atoms with Gasteiger partial charge >= 0.3 is 7.12 Å². The van der Waals surface area contributed by atoms with Gasteiger partial charge in [-0.1, -0.05) is 180 Å². The lowest BCUT2D eigenvalue weighted by Crippen LogP contribution is -2.29. The van der Waals surface area contributed by atoms with Gasteiger partial charge in [-0.15, -0.1) is 0 Å². The zero-order valence-corrected chi connectivity index (χ0v) is 37.3. The molecule has 0 unspecified atom stereocenters. The largest absolute Gasteiger partial charge is 0.488 e. The van der Waals surface area contributed by atoms with Crippen molar-refractivity contribution >= 4 is 47.4 Å². The van der Waals surface area contributed by atoms with Crippen molar-refractivity contribution in [2.75, 3.05) is 0 Å². The van der Waals surface area contributed by atoms with Gasteiger partial charge in [0.05, 0.1) is 17.1 Å². The Morgan fingerprint density at radius 3 is 1.21 bits per heavy atom. The Bertz CT molecular complexity index is 3140. The summed E-state index contributed by atoms with van der Waals surface area (Å²) in [5.74, 6) is 1.31. The molecule has 0 bridgehead atoms. The zero-order valence-electron chi connectivity index (χ0n) is 35.1. The van der Waals surface area contributed by atoms with Crippen LogP contribution in [0.5, 0.6) is 0 Å².